The fraction of sp³-hybridized carbons (Fsp3) is 0.125. The summed E-state index contributed by atoms with van der Waals surface area (Å²) in [6.45, 7) is 0. The van der Waals surface area contributed by atoms with Crippen LogP contribution in [0.5, 0.6) is 0 Å². The highest BCUT2D eigenvalue weighted by Crippen LogP contribution is 2.37. The summed E-state index contributed by atoms with van der Waals surface area (Å²) in [7, 11) is 0. The third-order valence-corrected chi connectivity index (χ3v) is 4.14. The van der Waals surface area contributed by atoms with Gasteiger partial charge in [-0.1, -0.05) is 36.4 Å². The van der Waals surface area contributed by atoms with E-state index in [0.29, 0.717) is 0 Å². The van der Waals surface area contributed by atoms with E-state index in [1.54, 1.807) is 18.2 Å². The molecule has 4 nitrogen and oxygen atoms in total. The van der Waals surface area contributed by atoms with Gasteiger partial charge in [-0.3, -0.25) is 4.79 Å². The molecule has 1 unspecified atom stereocenters. The molecule has 0 fully saturated rings. The van der Waals surface area contributed by atoms with Crippen molar-refractivity contribution in [2.24, 2.45) is 0 Å². The van der Waals surface area contributed by atoms with Crippen LogP contribution >= 0.6 is 11.8 Å². The van der Waals surface area contributed by atoms with E-state index in [0.717, 1.165) is 10.5 Å². The van der Waals surface area contributed by atoms with Crippen molar-refractivity contribution in [1.29, 1.82) is 0 Å². The fourth-order valence-corrected chi connectivity index (χ4v) is 3.12. The Bertz CT molecular complexity index is 640. The molecule has 0 aromatic heterocycles. The van der Waals surface area contributed by atoms with Gasteiger partial charge in [0.25, 0.3) is 0 Å². The highest BCUT2D eigenvalue weighted by atomic mass is 32.2. The monoisotopic (exact) mass is 302 g/mol. The number of aliphatic carboxylic acids is 1. The van der Waals surface area contributed by atoms with Gasteiger partial charge in [0.1, 0.15) is 0 Å². The van der Waals surface area contributed by atoms with Crippen molar-refractivity contribution in [3.63, 3.8) is 0 Å². The Morgan fingerprint density at radius 2 is 1.71 bits per heavy atom. The third kappa shape index (κ3) is 4.36. The second-order valence-electron chi connectivity index (χ2n) is 4.45. The van der Waals surface area contributed by atoms with Gasteiger partial charge in [0, 0.05) is 10.1 Å². The van der Waals surface area contributed by atoms with Gasteiger partial charge in [-0.15, -0.1) is 11.8 Å². The zero-order chi connectivity index (χ0) is 15.2. The van der Waals surface area contributed by atoms with Gasteiger partial charge < -0.3 is 10.2 Å². The number of aromatic carboxylic acids is 1. The maximum Gasteiger partial charge on any atom is 0.335 e. The molecule has 0 spiro atoms. The SMILES string of the molecule is O=C(O)CC(Sc1cccc(C(=O)O)c1)c1ccccc1. The molecule has 108 valence electrons. The van der Waals surface area contributed by atoms with Crippen LogP contribution in [0.4, 0.5) is 0 Å². The second kappa shape index (κ2) is 6.95. The average molecular weight is 302 g/mol. The summed E-state index contributed by atoms with van der Waals surface area (Å²) in [5.74, 6) is -1.88. The van der Waals surface area contributed by atoms with E-state index in [4.69, 9.17) is 10.2 Å². The maximum absolute atomic E-state index is 11.0. The number of hydrogen-bond donors (Lipinski definition) is 2. The van der Waals surface area contributed by atoms with Crippen molar-refractivity contribution in [2.75, 3.05) is 0 Å². The third-order valence-electron chi connectivity index (χ3n) is 2.89. The molecule has 0 amide bonds. The summed E-state index contributed by atoms with van der Waals surface area (Å²) in [6, 6.07) is 15.9. The smallest absolute Gasteiger partial charge is 0.335 e. The van der Waals surface area contributed by atoms with E-state index >= 15 is 0 Å². The zero-order valence-corrected chi connectivity index (χ0v) is 11.9. The molecule has 0 radical (unpaired) electrons. The summed E-state index contributed by atoms with van der Waals surface area (Å²) in [6.07, 6.45) is -0.0218. The summed E-state index contributed by atoms with van der Waals surface area (Å²) in [4.78, 5) is 22.8. The Kier molecular flexibility index (Phi) is 5.00. The summed E-state index contributed by atoms with van der Waals surface area (Å²) in [5.41, 5.74) is 1.10. The molecular formula is C16H14O4S. The number of carboxylic acid groups (broad SMARTS) is 2. The van der Waals surface area contributed by atoms with E-state index in [-0.39, 0.29) is 17.2 Å². The van der Waals surface area contributed by atoms with Gasteiger partial charge in [-0.25, -0.2) is 4.79 Å². The predicted molar refractivity (Wildman–Crippen MR) is 80.7 cm³/mol. The number of carbonyl (C=O) groups is 2. The van der Waals surface area contributed by atoms with Gasteiger partial charge in [0.2, 0.25) is 0 Å². The Balaban J connectivity index is 2.25. The Labute approximate surface area is 126 Å². The zero-order valence-electron chi connectivity index (χ0n) is 11.1. The number of rotatable bonds is 6. The first-order chi connectivity index (χ1) is 10.1. The van der Waals surface area contributed by atoms with E-state index in [1.807, 2.05) is 30.3 Å². The van der Waals surface area contributed by atoms with Crippen LogP contribution in [0.15, 0.2) is 59.5 Å². The average Bonchev–Trinajstić information content (AvgIpc) is 2.47. The number of thioether (sulfide) groups is 1. The maximum atomic E-state index is 11.0. The molecule has 0 saturated carbocycles. The first kappa shape index (κ1) is 15.1. The Morgan fingerprint density at radius 3 is 2.33 bits per heavy atom. The molecule has 0 aliphatic heterocycles. The molecule has 2 aromatic rings. The van der Waals surface area contributed by atoms with Gasteiger partial charge in [0.15, 0.2) is 0 Å². The lowest BCUT2D eigenvalue weighted by Gasteiger charge is -2.15. The number of benzene rings is 2. The molecule has 0 saturated heterocycles. The molecule has 2 N–H and O–H groups in total. The van der Waals surface area contributed by atoms with Crippen LogP contribution in [0, 0.1) is 0 Å². The van der Waals surface area contributed by atoms with Crippen molar-refractivity contribution in [1.82, 2.24) is 0 Å². The molecule has 0 bridgehead atoms. The van der Waals surface area contributed by atoms with E-state index in [1.165, 1.54) is 17.8 Å². The van der Waals surface area contributed by atoms with E-state index < -0.39 is 11.9 Å². The Morgan fingerprint density at radius 1 is 1.00 bits per heavy atom. The van der Waals surface area contributed by atoms with Crippen LogP contribution in [-0.4, -0.2) is 22.2 Å². The minimum atomic E-state index is -0.994. The second-order valence-corrected chi connectivity index (χ2v) is 5.72. The van der Waals surface area contributed by atoms with Crippen LogP contribution in [-0.2, 0) is 4.79 Å². The summed E-state index contributed by atoms with van der Waals surface area (Å²) >= 11 is 1.36. The van der Waals surface area contributed by atoms with Crippen LogP contribution in [0.2, 0.25) is 0 Å². The lowest BCUT2D eigenvalue weighted by atomic mass is 10.1. The quantitative estimate of drug-likeness (QED) is 0.796. The van der Waals surface area contributed by atoms with Crippen LogP contribution < -0.4 is 0 Å². The molecular weight excluding hydrogens is 288 g/mol. The molecule has 2 aromatic carbocycles. The highest BCUT2D eigenvalue weighted by Gasteiger charge is 2.17. The van der Waals surface area contributed by atoms with Gasteiger partial charge in [-0.05, 0) is 23.8 Å². The standard InChI is InChI=1S/C16H14O4S/c17-15(18)10-14(11-5-2-1-3-6-11)21-13-8-4-7-12(9-13)16(19)20/h1-9,14H,10H2,(H,17,18)(H,19,20). The van der Waals surface area contributed by atoms with Crippen molar-refractivity contribution in [3.05, 3.63) is 65.7 Å². The van der Waals surface area contributed by atoms with Gasteiger partial charge in [0.05, 0.1) is 12.0 Å². The van der Waals surface area contributed by atoms with Crippen LogP contribution in [0.25, 0.3) is 0 Å². The molecule has 1 atom stereocenters. The molecule has 5 heteroatoms. The van der Waals surface area contributed by atoms with Crippen molar-refractivity contribution in [3.8, 4) is 0 Å². The highest BCUT2D eigenvalue weighted by molar-refractivity contribution is 7.99. The van der Waals surface area contributed by atoms with Gasteiger partial charge >= 0.3 is 11.9 Å². The first-order valence-corrected chi connectivity index (χ1v) is 7.21. The number of hydrogen-bond acceptors (Lipinski definition) is 3. The first-order valence-electron chi connectivity index (χ1n) is 6.33. The van der Waals surface area contributed by atoms with E-state index in [2.05, 4.69) is 0 Å². The normalized spacial score (nSPS) is 11.8. The summed E-state index contributed by atoms with van der Waals surface area (Å²) < 4.78 is 0. The molecule has 0 aliphatic carbocycles. The molecule has 0 aliphatic rings. The van der Waals surface area contributed by atoms with E-state index in [9.17, 15) is 9.59 Å². The van der Waals surface area contributed by atoms with Crippen molar-refractivity contribution >= 4 is 23.7 Å². The minimum Gasteiger partial charge on any atom is -0.481 e. The minimum absolute atomic E-state index is 0.0218. The van der Waals surface area contributed by atoms with Crippen LogP contribution in [0.3, 0.4) is 0 Å². The molecule has 2 rings (SSSR count). The van der Waals surface area contributed by atoms with Crippen molar-refractivity contribution < 1.29 is 19.8 Å². The lowest BCUT2D eigenvalue weighted by molar-refractivity contribution is -0.137. The number of carboxylic acids is 2. The largest absolute Gasteiger partial charge is 0.481 e. The topological polar surface area (TPSA) is 74.6 Å². The fourth-order valence-electron chi connectivity index (χ4n) is 1.92. The molecule has 21 heavy (non-hydrogen) atoms. The van der Waals surface area contributed by atoms with Crippen molar-refractivity contribution in [2.45, 2.75) is 16.6 Å². The Hall–Kier alpha value is -2.27. The lowest BCUT2D eigenvalue weighted by Crippen LogP contribution is -2.03. The predicted octanol–water partition coefficient (Wildman–Crippen LogP) is 3.69. The molecule has 0 heterocycles. The van der Waals surface area contributed by atoms with Crippen LogP contribution in [0.1, 0.15) is 27.6 Å². The van der Waals surface area contributed by atoms with Gasteiger partial charge in [-0.2, -0.15) is 0 Å². The summed E-state index contributed by atoms with van der Waals surface area (Å²) in [5, 5.41) is 17.8.